The molecule has 136 valence electrons. The Bertz CT molecular complexity index is 826. The van der Waals surface area contributed by atoms with Gasteiger partial charge in [0, 0.05) is 18.1 Å². The predicted octanol–water partition coefficient (Wildman–Crippen LogP) is 3.62. The third-order valence-corrected chi connectivity index (χ3v) is 4.19. The minimum atomic E-state index is -0.956. The van der Waals surface area contributed by atoms with Crippen LogP contribution in [0.1, 0.15) is 28.9 Å². The molecule has 26 heavy (non-hydrogen) atoms. The molecule has 0 aromatic heterocycles. The fraction of sp³-hybridized carbons (Fsp3) is 0.222. The number of nitrogens with zero attached hydrogens (tertiary/aromatic N) is 2. The molecule has 0 aliphatic rings. The molecule has 2 aromatic rings. The van der Waals surface area contributed by atoms with Crippen LogP contribution in [0.4, 0.5) is 5.69 Å². The van der Waals surface area contributed by atoms with Crippen LogP contribution < -0.4 is 0 Å². The number of rotatable bonds is 6. The van der Waals surface area contributed by atoms with Gasteiger partial charge in [0.25, 0.3) is 11.6 Å². The Labute approximate surface area is 155 Å². The van der Waals surface area contributed by atoms with Crippen LogP contribution in [0.2, 0.25) is 5.02 Å². The van der Waals surface area contributed by atoms with Crippen LogP contribution in [0.25, 0.3) is 0 Å². The van der Waals surface area contributed by atoms with Crippen LogP contribution in [0.5, 0.6) is 0 Å². The lowest BCUT2D eigenvalue weighted by atomic mass is 10.1. The second kappa shape index (κ2) is 8.44. The molecule has 2 aromatic carbocycles. The maximum atomic E-state index is 12.3. The van der Waals surface area contributed by atoms with Crippen molar-refractivity contribution in [3.8, 4) is 0 Å². The van der Waals surface area contributed by atoms with E-state index in [4.69, 9.17) is 16.3 Å². The minimum Gasteiger partial charge on any atom is -0.452 e. The van der Waals surface area contributed by atoms with Crippen molar-refractivity contribution in [2.24, 2.45) is 0 Å². The van der Waals surface area contributed by atoms with Crippen LogP contribution in [0.15, 0.2) is 48.5 Å². The summed E-state index contributed by atoms with van der Waals surface area (Å²) in [4.78, 5) is 36.1. The number of ether oxygens (including phenoxy) is 1. The summed E-state index contributed by atoms with van der Waals surface area (Å²) in [5.41, 5.74) is 0.204. The van der Waals surface area contributed by atoms with Crippen molar-refractivity contribution in [3.05, 3.63) is 74.8 Å². The molecule has 0 bridgehead atoms. The predicted molar refractivity (Wildman–Crippen MR) is 96.0 cm³/mol. The zero-order valence-corrected chi connectivity index (χ0v) is 15.0. The van der Waals surface area contributed by atoms with Crippen molar-refractivity contribution in [3.63, 3.8) is 0 Å². The van der Waals surface area contributed by atoms with Gasteiger partial charge in [0.2, 0.25) is 0 Å². The molecule has 0 spiro atoms. The van der Waals surface area contributed by atoms with Gasteiger partial charge in [0.1, 0.15) is 5.56 Å². The van der Waals surface area contributed by atoms with E-state index >= 15 is 0 Å². The summed E-state index contributed by atoms with van der Waals surface area (Å²) in [6.07, 6.45) is 0. The number of carbonyl (C=O) groups is 2. The molecule has 1 unspecified atom stereocenters. The number of esters is 1. The van der Waals surface area contributed by atoms with Gasteiger partial charge in [-0.25, -0.2) is 4.79 Å². The molecule has 0 N–H and O–H groups in total. The SMILES string of the molecule is CC(c1ccccc1)N(C)C(=O)COC(=O)c1ccc(Cl)cc1[N+](=O)[O-]. The molecular formula is C18H17ClN2O5. The Balaban J connectivity index is 2.03. The summed E-state index contributed by atoms with van der Waals surface area (Å²) in [5, 5.41) is 11.2. The fourth-order valence-corrected chi connectivity index (χ4v) is 2.47. The van der Waals surface area contributed by atoms with Gasteiger partial charge in [-0.2, -0.15) is 0 Å². The van der Waals surface area contributed by atoms with E-state index in [1.807, 2.05) is 37.3 Å². The van der Waals surface area contributed by atoms with Gasteiger partial charge in [-0.1, -0.05) is 41.9 Å². The van der Waals surface area contributed by atoms with Gasteiger partial charge in [-0.05, 0) is 24.6 Å². The number of benzene rings is 2. The lowest BCUT2D eigenvalue weighted by Crippen LogP contribution is -2.33. The molecule has 0 aliphatic heterocycles. The highest BCUT2D eigenvalue weighted by Gasteiger charge is 2.24. The first-order chi connectivity index (χ1) is 12.3. The smallest absolute Gasteiger partial charge is 0.345 e. The van der Waals surface area contributed by atoms with E-state index in [9.17, 15) is 19.7 Å². The standard InChI is InChI=1S/C18H17ClN2O5/c1-12(13-6-4-3-5-7-13)20(2)17(22)11-26-18(23)15-9-8-14(19)10-16(15)21(24)25/h3-10,12H,11H2,1-2H3. The zero-order chi connectivity index (χ0) is 19.3. The summed E-state index contributed by atoms with van der Waals surface area (Å²) in [6, 6.07) is 12.8. The number of nitro benzene ring substituents is 1. The molecule has 0 aliphatic carbocycles. The van der Waals surface area contributed by atoms with Crippen molar-refractivity contribution < 1.29 is 19.2 Å². The lowest BCUT2D eigenvalue weighted by Gasteiger charge is -2.25. The zero-order valence-electron chi connectivity index (χ0n) is 14.2. The third-order valence-electron chi connectivity index (χ3n) is 3.96. The van der Waals surface area contributed by atoms with E-state index < -0.39 is 29.1 Å². The Morgan fingerprint density at radius 3 is 2.50 bits per heavy atom. The average Bonchev–Trinajstić information content (AvgIpc) is 2.65. The first-order valence-corrected chi connectivity index (χ1v) is 8.10. The molecule has 7 nitrogen and oxygen atoms in total. The number of halogens is 1. The Morgan fingerprint density at radius 2 is 1.88 bits per heavy atom. The maximum absolute atomic E-state index is 12.3. The van der Waals surface area contributed by atoms with E-state index in [-0.39, 0.29) is 16.6 Å². The monoisotopic (exact) mass is 376 g/mol. The molecule has 1 amide bonds. The highest BCUT2D eigenvalue weighted by atomic mass is 35.5. The first kappa shape index (κ1) is 19.4. The van der Waals surface area contributed by atoms with E-state index in [1.54, 1.807) is 7.05 Å². The topological polar surface area (TPSA) is 89.8 Å². The van der Waals surface area contributed by atoms with Crippen LogP contribution in [-0.2, 0) is 9.53 Å². The quantitative estimate of drug-likeness (QED) is 0.436. The van der Waals surface area contributed by atoms with Crippen molar-refractivity contribution in [2.45, 2.75) is 13.0 Å². The molecule has 2 rings (SSSR count). The van der Waals surface area contributed by atoms with Crippen molar-refractivity contribution >= 4 is 29.2 Å². The van der Waals surface area contributed by atoms with E-state index in [0.717, 1.165) is 11.6 Å². The third kappa shape index (κ3) is 4.58. The average molecular weight is 377 g/mol. The number of carbonyl (C=O) groups excluding carboxylic acids is 2. The maximum Gasteiger partial charge on any atom is 0.345 e. The summed E-state index contributed by atoms with van der Waals surface area (Å²) >= 11 is 5.71. The number of likely N-dealkylation sites (N-methyl/N-ethyl adjacent to an activating group) is 1. The normalized spacial score (nSPS) is 11.5. The van der Waals surface area contributed by atoms with E-state index in [1.165, 1.54) is 17.0 Å². The van der Waals surface area contributed by atoms with Gasteiger partial charge >= 0.3 is 5.97 Å². The van der Waals surface area contributed by atoms with Crippen molar-refractivity contribution in [1.29, 1.82) is 0 Å². The van der Waals surface area contributed by atoms with Crippen LogP contribution in [-0.4, -0.2) is 35.4 Å². The van der Waals surface area contributed by atoms with Gasteiger partial charge in [-0.3, -0.25) is 14.9 Å². The van der Waals surface area contributed by atoms with Crippen LogP contribution in [0.3, 0.4) is 0 Å². The summed E-state index contributed by atoms with van der Waals surface area (Å²) < 4.78 is 4.95. The minimum absolute atomic E-state index is 0.126. The Hall–Kier alpha value is -2.93. The molecule has 8 heteroatoms. The lowest BCUT2D eigenvalue weighted by molar-refractivity contribution is -0.385. The largest absolute Gasteiger partial charge is 0.452 e. The number of hydrogen-bond acceptors (Lipinski definition) is 5. The van der Waals surface area contributed by atoms with Crippen LogP contribution in [0, 0.1) is 10.1 Å². The molecule has 0 radical (unpaired) electrons. The Morgan fingerprint density at radius 1 is 1.23 bits per heavy atom. The van der Waals surface area contributed by atoms with E-state index in [0.29, 0.717) is 0 Å². The molecular weight excluding hydrogens is 360 g/mol. The molecule has 0 heterocycles. The van der Waals surface area contributed by atoms with Gasteiger partial charge < -0.3 is 9.64 Å². The number of amides is 1. The van der Waals surface area contributed by atoms with E-state index in [2.05, 4.69) is 0 Å². The second-order valence-electron chi connectivity index (χ2n) is 5.59. The highest BCUT2D eigenvalue weighted by Crippen LogP contribution is 2.24. The molecule has 1 atom stereocenters. The molecule has 0 saturated carbocycles. The van der Waals surface area contributed by atoms with Crippen molar-refractivity contribution in [2.75, 3.05) is 13.7 Å². The number of hydrogen-bond donors (Lipinski definition) is 0. The number of nitro groups is 1. The molecule has 0 fully saturated rings. The van der Waals surface area contributed by atoms with Crippen molar-refractivity contribution in [1.82, 2.24) is 4.90 Å². The first-order valence-electron chi connectivity index (χ1n) is 7.73. The van der Waals surface area contributed by atoms with Gasteiger partial charge in [0.15, 0.2) is 6.61 Å². The summed E-state index contributed by atoms with van der Waals surface area (Å²) in [7, 11) is 1.60. The van der Waals surface area contributed by atoms with Gasteiger partial charge in [-0.15, -0.1) is 0 Å². The summed E-state index contributed by atoms with van der Waals surface area (Å²) in [5.74, 6) is -1.38. The second-order valence-corrected chi connectivity index (χ2v) is 6.02. The Kier molecular flexibility index (Phi) is 6.30. The molecule has 0 saturated heterocycles. The van der Waals surface area contributed by atoms with Gasteiger partial charge in [0.05, 0.1) is 11.0 Å². The highest BCUT2D eigenvalue weighted by molar-refractivity contribution is 6.31. The summed E-state index contributed by atoms with van der Waals surface area (Å²) in [6.45, 7) is 1.32. The van der Waals surface area contributed by atoms with Crippen LogP contribution >= 0.6 is 11.6 Å². The fourth-order valence-electron chi connectivity index (χ4n) is 2.31.